The molecule has 4 nitrogen and oxygen atoms in total. The Morgan fingerprint density at radius 3 is 2.73 bits per heavy atom. The average molecular weight is 378 g/mol. The van der Waals surface area contributed by atoms with E-state index in [1.165, 1.54) is 56.1 Å². The highest BCUT2D eigenvalue weighted by atomic mass is 32.2. The lowest BCUT2D eigenvalue weighted by Gasteiger charge is -2.54. The highest BCUT2D eigenvalue weighted by molar-refractivity contribution is 7.84. The van der Waals surface area contributed by atoms with Crippen LogP contribution in [-0.4, -0.2) is 8.42 Å². The van der Waals surface area contributed by atoms with Gasteiger partial charge >= 0.3 is 10.3 Å². The number of hydrogen-bond acceptors (Lipinski definition) is 3. The molecule has 0 spiro atoms. The van der Waals surface area contributed by atoms with Gasteiger partial charge in [0.2, 0.25) is 0 Å². The molecule has 0 radical (unpaired) electrons. The van der Waals surface area contributed by atoms with Crippen molar-refractivity contribution in [3.63, 3.8) is 0 Å². The zero-order chi connectivity index (χ0) is 18.5. The van der Waals surface area contributed by atoms with E-state index in [2.05, 4.69) is 13.0 Å². The van der Waals surface area contributed by atoms with Crippen molar-refractivity contribution in [2.24, 2.45) is 22.4 Å². The maximum atomic E-state index is 11.4. The monoisotopic (exact) mass is 377 g/mol. The summed E-state index contributed by atoms with van der Waals surface area (Å²) in [5.74, 6) is 2.69. The number of benzene rings is 1. The van der Waals surface area contributed by atoms with Crippen LogP contribution in [0.1, 0.15) is 81.4 Å². The van der Waals surface area contributed by atoms with Crippen molar-refractivity contribution >= 4 is 10.3 Å². The SMILES string of the molecule is CCc1cc2c(cc1OS(N)(=O)=O)CC[C@@H]1[C@@H]2CC[C@]2(C)CCCC[C@@H]12. The van der Waals surface area contributed by atoms with Crippen molar-refractivity contribution < 1.29 is 12.6 Å². The van der Waals surface area contributed by atoms with Crippen molar-refractivity contribution in [2.75, 3.05) is 0 Å². The third-order valence-corrected chi connectivity index (χ3v) is 7.94. The molecule has 0 amide bonds. The zero-order valence-electron chi connectivity index (χ0n) is 16.0. The summed E-state index contributed by atoms with van der Waals surface area (Å²) in [7, 11) is -3.98. The lowest BCUT2D eigenvalue weighted by molar-refractivity contribution is -0.00424. The molecule has 2 saturated carbocycles. The summed E-state index contributed by atoms with van der Waals surface area (Å²) in [6.07, 6.45) is 11.2. The quantitative estimate of drug-likeness (QED) is 0.845. The third kappa shape index (κ3) is 3.18. The van der Waals surface area contributed by atoms with E-state index in [9.17, 15) is 8.42 Å². The number of hydrogen-bond donors (Lipinski definition) is 1. The number of fused-ring (bicyclic) bond motifs is 5. The van der Waals surface area contributed by atoms with Crippen LogP contribution in [0.2, 0.25) is 0 Å². The fourth-order valence-corrected chi connectivity index (χ4v) is 6.69. The van der Waals surface area contributed by atoms with Gasteiger partial charge < -0.3 is 4.18 Å². The topological polar surface area (TPSA) is 69.4 Å². The molecule has 26 heavy (non-hydrogen) atoms. The molecular formula is C21H31NO3S. The molecule has 3 aliphatic carbocycles. The second-order valence-corrected chi connectivity index (χ2v) is 10.1. The molecule has 3 aliphatic rings. The summed E-state index contributed by atoms with van der Waals surface area (Å²) in [6, 6.07) is 4.17. The van der Waals surface area contributed by atoms with Crippen molar-refractivity contribution in [1.29, 1.82) is 0 Å². The van der Waals surface area contributed by atoms with Gasteiger partial charge in [0.25, 0.3) is 0 Å². The number of rotatable bonds is 3. The summed E-state index contributed by atoms with van der Waals surface area (Å²) in [5, 5.41) is 5.11. The van der Waals surface area contributed by atoms with E-state index in [-0.39, 0.29) is 0 Å². The zero-order valence-corrected chi connectivity index (χ0v) is 16.8. The minimum Gasteiger partial charge on any atom is -0.371 e. The van der Waals surface area contributed by atoms with Crippen molar-refractivity contribution in [1.82, 2.24) is 0 Å². The fourth-order valence-electron chi connectivity index (χ4n) is 6.29. The van der Waals surface area contributed by atoms with Gasteiger partial charge in [-0.1, -0.05) is 32.8 Å². The van der Waals surface area contributed by atoms with Gasteiger partial charge in [-0.25, -0.2) is 0 Å². The fraction of sp³-hybridized carbons (Fsp3) is 0.714. The largest absolute Gasteiger partial charge is 0.380 e. The Labute approximate surface area is 157 Å². The Bertz CT molecular complexity index is 804. The van der Waals surface area contributed by atoms with Gasteiger partial charge in [-0.2, -0.15) is 13.6 Å². The Balaban J connectivity index is 1.70. The summed E-state index contributed by atoms with van der Waals surface area (Å²) in [4.78, 5) is 0. The third-order valence-electron chi connectivity index (χ3n) is 7.52. The molecule has 0 aromatic heterocycles. The molecular weight excluding hydrogens is 346 g/mol. The van der Waals surface area contributed by atoms with Crippen LogP contribution < -0.4 is 9.32 Å². The summed E-state index contributed by atoms with van der Waals surface area (Å²) < 4.78 is 27.9. The van der Waals surface area contributed by atoms with E-state index in [1.54, 1.807) is 0 Å². The minimum atomic E-state index is -3.98. The van der Waals surface area contributed by atoms with Crippen LogP contribution in [-0.2, 0) is 23.1 Å². The molecule has 4 atom stereocenters. The predicted molar refractivity (Wildman–Crippen MR) is 103 cm³/mol. The van der Waals surface area contributed by atoms with Crippen molar-refractivity contribution in [3.8, 4) is 5.75 Å². The Morgan fingerprint density at radius 1 is 1.19 bits per heavy atom. The second kappa shape index (κ2) is 6.52. The first kappa shape index (κ1) is 18.3. The highest BCUT2D eigenvalue weighted by Gasteiger charge is 2.48. The maximum absolute atomic E-state index is 11.4. The summed E-state index contributed by atoms with van der Waals surface area (Å²) >= 11 is 0. The molecule has 0 heterocycles. The standard InChI is InChI=1S/C21H31NO3S/c1-3-14-12-18-15(13-20(14)25-26(22,23)24)7-8-17-16(18)9-11-21(2)10-5-4-6-19(17)21/h12-13,16-17,19H,3-11H2,1-2H3,(H2,22,23,24)/t16-,17+,19-,21-/m0/s1. The Morgan fingerprint density at radius 2 is 2.00 bits per heavy atom. The van der Waals surface area contributed by atoms with Gasteiger partial charge in [-0.05, 0) is 90.9 Å². The van der Waals surface area contributed by atoms with Crippen LogP contribution in [0, 0.1) is 17.3 Å². The predicted octanol–water partition coefficient (Wildman–Crippen LogP) is 4.47. The molecule has 0 bridgehead atoms. The van der Waals surface area contributed by atoms with E-state index in [1.807, 2.05) is 13.0 Å². The number of nitrogens with two attached hydrogens (primary N) is 1. The normalized spacial score (nSPS) is 33.7. The molecule has 0 saturated heterocycles. The van der Waals surface area contributed by atoms with E-state index < -0.39 is 10.3 Å². The molecule has 0 unspecified atom stereocenters. The van der Waals surface area contributed by atoms with Crippen LogP contribution in [0.25, 0.3) is 0 Å². The van der Waals surface area contributed by atoms with Gasteiger partial charge in [-0.15, -0.1) is 0 Å². The first-order valence-electron chi connectivity index (χ1n) is 10.2. The molecule has 5 heteroatoms. The maximum Gasteiger partial charge on any atom is 0.380 e. The molecule has 2 N–H and O–H groups in total. The van der Waals surface area contributed by atoms with Crippen LogP contribution in [0.15, 0.2) is 12.1 Å². The van der Waals surface area contributed by atoms with Crippen LogP contribution in [0.4, 0.5) is 0 Å². The van der Waals surface area contributed by atoms with Crippen LogP contribution in [0.5, 0.6) is 5.75 Å². The van der Waals surface area contributed by atoms with Gasteiger partial charge in [-0.3, -0.25) is 0 Å². The van der Waals surface area contributed by atoms with E-state index in [0.29, 0.717) is 17.1 Å². The second-order valence-electron chi connectivity index (χ2n) is 8.94. The molecule has 4 rings (SSSR count). The molecule has 144 valence electrons. The first-order valence-corrected chi connectivity index (χ1v) is 11.7. The lowest BCUT2D eigenvalue weighted by atomic mass is 9.51. The van der Waals surface area contributed by atoms with Crippen molar-refractivity contribution in [3.05, 3.63) is 28.8 Å². The van der Waals surface area contributed by atoms with E-state index >= 15 is 0 Å². The van der Waals surface area contributed by atoms with Crippen molar-refractivity contribution in [2.45, 2.75) is 77.6 Å². The average Bonchev–Trinajstić information content (AvgIpc) is 2.58. The first-order chi connectivity index (χ1) is 12.3. The highest BCUT2D eigenvalue weighted by Crippen LogP contribution is 2.59. The van der Waals surface area contributed by atoms with Gasteiger partial charge in [0.15, 0.2) is 0 Å². The van der Waals surface area contributed by atoms with Crippen LogP contribution in [0.3, 0.4) is 0 Å². The molecule has 1 aromatic carbocycles. The molecule has 1 aromatic rings. The Hall–Kier alpha value is -1.07. The molecule has 2 fully saturated rings. The minimum absolute atomic E-state index is 0.422. The smallest absolute Gasteiger partial charge is 0.371 e. The summed E-state index contributed by atoms with van der Waals surface area (Å²) in [5.41, 5.74) is 4.21. The van der Waals surface area contributed by atoms with E-state index in [0.717, 1.165) is 30.2 Å². The number of aryl methyl sites for hydroxylation is 2. The van der Waals surface area contributed by atoms with Crippen LogP contribution >= 0.6 is 0 Å². The summed E-state index contributed by atoms with van der Waals surface area (Å²) in [6.45, 7) is 4.57. The lowest BCUT2D eigenvalue weighted by Crippen LogP contribution is -2.44. The molecule has 0 aliphatic heterocycles. The van der Waals surface area contributed by atoms with Gasteiger partial charge in [0.05, 0.1) is 0 Å². The van der Waals surface area contributed by atoms with E-state index in [4.69, 9.17) is 9.32 Å². The van der Waals surface area contributed by atoms with Gasteiger partial charge in [0, 0.05) is 0 Å². The Kier molecular flexibility index (Phi) is 4.59. The van der Waals surface area contributed by atoms with Gasteiger partial charge in [0.1, 0.15) is 5.75 Å².